The van der Waals surface area contributed by atoms with Crippen molar-refractivity contribution in [2.75, 3.05) is 6.54 Å². The van der Waals surface area contributed by atoms with Crippen LogP contribution in [-0.2, 0) is 9.53 Å². The zero-order valence-electron chi connectivity index (χ0n) is 9.71. The lowest BCUT2D eigenvalue weighted by Gasteiger charge is -2.10. The maximum absolute atomic E-state index is 11.7. The van der Waals surface area contributed by atoms with E-state index in [9.17, 15) is 4.79 Å². The Morgan fingerprint density at radius 2 is 2.13 bits per heavy atom. The average Bonchev–Trinajstić information content (AvgIpc) is 2.72. The van der Waals surface area contributed by atoms with E-state index >= 15 is 0 Å². The lowest BCUT2D eigenvalue weighted by molar-refractivity contribution is -0.129. The Labute approximate surface area is 92.4 Å². The van der Waals surface area contributed by atoms with Gasteiger partial charge in [-0.15, -0.1) is 0 Å². The number of Topliss-reactive ketones (excluding diaryl/α,β-unsaturated/α-hetero) is 1. The van der Waals surface area contributed by atoms with Crippen molar-refractivity contribution in [1.29, 1.82) is 0 Å². The van der Waals surface area contributed by atoms with Crippen molar-refractivity contribution in [3.8, 4) is 0 Å². The van der Waals surface area contributed by atoms with Gasteiger partial charge in [0.15, 0.2) is 5.78 Å². The molecular weight excluding hydrogens is 190 g/mol. The summed E-state index contributed by atoms with van der Waals surface area (Å²) in [6, 6.07) is 0. The molecule has 15 heavy (non-hydrogen) atoms. The number of hydrogen-bond acceptors (Lipinski definition) is 3. The zero-order valence-corrected chi connectivity index (χ0v) is 9.71. The molecule has 3 heteroatoms. The van der Waals surface area contributed by atoms with Crippen LogP contribution in [0.15, 0.2) is 0 Å². The third-order valence-corrected chi connectivity index (χ3v) is 3.01. The maximum Gasteiger partial charge on any atom is 0.161 e. The van der Waals surface area contributed by atoms with E-state index in [2.05, 4.69) is 6.92 Å². The van der Waals surface area contributed by atoms with Gasteiger partial charge in [0, 0.05) is 13.0 Å². The van der Waals surface area contributed by atoms with Gasteiger partial charge in [-0.25, -0.2) is 0 Å². The molecule has 2 unspecified atom stereocenters. The van der Waals surface area contributed by atoms with Crippen LogP contribution in [0.1, 0.15) is 51.9 Å². The normalized spacial score (nSPS) is 25.7. The van der Waals surface area contributed by atoms with Crippen LogP contribution in [-0.4, -0.2) is 24.5 Å². The highest BCUT2D eigenvalue weighted by Gasteiger charge is 2.28. The van der Waals surface area contributed by atoms with Crippen molar-refractivity contribution in [1.82, 2.24) is 0 Å². The summed E-state index contributed by atoms with van der Waals surface area (Å²) in [5, 5.41) is 0. The number of ketones is 1. The molecule has 0 aromatic heterocycles. The molecular formula is C12H23NO2. The van der Waals surface area contributed by atoms with Gasteiger partial charge < -0.3 is 10.5 Å². The van der Waals surface area contributed by atoms with Crippen molar-refractivity contribution in [2.24, 2.45) is 5.73 Å². The second kappa shape index (κ2) is 6.96. The van der Waals surface area contributed by atoms with Crippen LogP contribution in [0.2, 0.25) is 0 Å². The van der Waals surface area contributed by atoms with Gasteiger partial charge in [0.2, 0.25) is 0 Å². The van der Waals surface area contributed by atoms with Gasteiger partial charge in [0.05, 0.1) is 6.10 Å². The summed E-state index contributed by atoms with van der Waals surface area (Å²) in [6.45, 7) is 2.72. The zero-order chi connectivity index (χ0) is 11.1. The van der Waals surface area contributed by atoms with E-state index in [1.807, 2.05) is 0 Å². The quantitative estimate of drug-likeness (QED) is 0.658. The highest BCUT2D eigenvalue weighted by Crippen LogP contribution is 2.21. The van der Waals surface area contributed by atoms with Gasteiger partial charge >= 0.3 is 0 Å². The monoisotopic (exact) mass is 213 g/mol. The number of carbonyl (C=O) groups excluding carboxylic acids is 1. The predicted octanol–water partition coefficient (Wildman–Crippen LogP) is 2.03. The van der Waals surface area contributed by atoms with E-state index in [0.29, 0.717) is 13.0 Å². The Hall–Kier alpha value is -0.410. The second-order valence-corrected chi connectivity index (χ2v) is 4.34. The van der Waals surface area contributed by atoms with Crippen molar-refractivity contribution in [2.45, 2.75) is 64.1 Å². The first-order valence-corrected chi connectivity index (χ1v) is 6.16. The first-order chi connectivity index (χ1) is 7.27. The van der Waals surface area contributed by atoms with Gasteiger partial charge in [0.1, 0.15) is 6.10 Å². The van der Waals surface area contributed by atoms with E-state index in [4.69, 9.17) is 10.5 Å². The first kappa shape index (κ1) is 12.7. The minimum atomic E-state index is -0.153. The van der Waals surface area contributed by atoms with E-state index in [0.717, 1.165) is 25.7 Å². The molecule has 0 spiro atoms. The van der Waals surface area contributed by atoms with Gasteiger partial charge in [-0.1, -0.05) is 26.2 Å². The fraction of sp³-hybridized carbons (Fsp3) is 0.917. The number of hydrogen-bond donors (Lipinski definition) is 1. The fourth-order valence-corrected chi connectivity index (χ4v) is 2.00. The van der Waals surface area contributed by atoms with Crippen LogP contribution in [0, 0.1) is 0 Å². The molecule has 0 radical (unpaired) electrons. The lowest BCUT2D eigenvalue weighted by atomic mass is 10.0. The van der Waals surface area contributed by atoms with Gasteiger partial charge in [-0.2, -0.15) is 0 Å². The smallest absolute Gasteiger partial charge is 0.161 e. The summed E-state index contributed by atoms with van der Waals surface area (Å²) in [4.78, 5) is 11.7. The largest absolute Gasteiger partial charge is 0.366 e. The molecule has 0 aliphatic carbocycles. The summed E-state index contributed by atoms with van der Waals surface area (Å²) in [5.41, 5.74) is 5.50. The average molecular weight is 213 g/mol. The third-order valence-electron chi connectivity index (χ3n) is 3.01. The van der Waals surface area contributed by atoms with Crippen LogP contribution >= 0.6 is 0 Å². The van der Waals surface area contributed by atoms with Crippen LogP contribution in [0.25, 0.3) is 0 Å². The van der Waals surface area contributed by atoms with Crippen molar-refractivity contribution in [3.05, 3.63) is 0 Å². The standard InChI is InChI=1S/C12H23NO2/c1-2-3-4-5-6-11(14)12-8-7-10(9-13)15-12/h10,12H,2-9,13H2,1H3. The summed E-state index contributed by atoms with van der Waals surface area (Å²) in [7, 11) is 0. The van der Waals surface area contributed by atoms with E-state index in [1.165, 1.54) is 12.8 Å². The lowest BCUT2D eigenvalue weighted by Crippen LogP contribution is -2.25. The molecule has 0 aromatic carbocycles. The van der Waals surface area contributed by atoms with Crippen LogP contribution in [0.5, 0.6) is 0 Å². The Morgan fingerprint density at radius 3 is 2.73 bits per heavy atom. The highest BCUT2D eigenvalue weighted by molar-refractivity contribution is 5.83. The van der Waals surface area contributed by atoms with Gasteiger partial charge in [0.25, 0.3) is 0 Å². The molecule has 1 saturated heterocycles. The number of unbranched alkanes of at least 4 members (excludes halogenated alkanes) is 3. The maximum atomic E-state index is 11.7. The van der Waals surface area contributed by atoms with Crippen molar-refractivity contribution in [3.63, 3.8) is 0 Å². The SMILES string of the molecule is CCCCCCC(=O)C1CCC(CN)O1. The molecule has 0 amide bonds. The third kappa shape index (κ3) is 4.31. The van der Waals surface area contributed by atoms with Crippen LogP contribution in [0.4, 0.5) is 0 Å². The van der Waals surface area contributed by atoms with Gasteiger partial charge in [-0.3, -0.25) is 4.79 Å². The minimum Gasteiger partial charge on any atom is -0.366 e. The molecule has 1 fully saturated rings. The number of rotatable bonds is 7. The molecule has 1 rings (SSSR count). The van der Waals surface area contributed by atoms with Crippen molar-refractivity contribution < 1.29 is 9.53 Å². The summed E-state index contributed by atoms with van der Waals surface area (Å²) in [5.74, 6) is 0.280. The number of carbonyl (C=O) groups is 1. The van der Waals surface area contributed by atoms with E-state index in [-0.39, 0.29) is 18.0 Å². The predicted molar refractivity (Wildman–Crippen MR) is 60.7 cm³/mol. The molecule has 0 saturated carbocycles. The minimum absolute atomic E-state index is 0.120. The Kier molecular flexibility index (Phi) is 5.88. The molecule has 1 aliphatic rings. The topological polar surface area (TPSA) is 52.3 Å². The van der Waals surface area contributed by atoms with Crippen LogP contribution in [0.3, 0.4) is 0 Å². The molecule has 2 atom stereocenters. The molecule has 3 nitrogen and oxygen atoms in total. The first-order valence-electron chi connectivity index (χ1n) is 6.16. The molecule has 1 heterocycles. The summed E-state index contributed by atoms with van der Waals surface area (Å²) < 4.78 is 5.55. The van der Waals surface area contributed by atoms with Crippen molar-refractivity contribution >= 4 is 5.78 Å². The molecule has 2 N–H and O–H groups in total. The molecule has 88 valence electrons. The summed E-state index contributed by atoms with van der Waals surface area (Å²) >= 11 is 0. The Bertz CT molecular complexity index is 194. The van der Waals surface area contributed by atoms with Crippen LogP contribution < -0.4 is 5.73 Å². The fourth-order valence-electron chi connectivity index (χ4n) is 2.00. The summed E-state index contributed by atoms with van der Waals surface area (Å²) in [6.07, 6.45) is 7.08. The Balaban J connectivity index is 2.12. The molecule has 0 aromatic rings. The number of ether oxygens (including phenoxy) is 1. The Morgan fingerprint density at radius 1 is 1.33 bits per heavy atom. The van der Waals surface area contributed by atoms with E-state index < -0.39 is 0 Å². The van der Waals surface area contributed by atoms with Gasteiger partial charge in [-0.05, 0) is 19.3 Å². The highest BCUT2D eigenvalue weighted by atomic mass is 16.5. The second-order valence-electron chi connectivity index (χ2n) is 4.34. The molecule has 0 bridgehead atoms. The number of nitrogens with two attached hydrogens (primary N) is 1. The molecule has 1 aliphatic heterocycles. The van der Waals surface area contributed by atoms with E-state index in [1.54, 1.807) is 0 Å².